The zero-order chi connectivity index (χ0) is 12.3. The lowest BCUT2D eigenvalue weighted by molar-refractivity contribution is 0.101. The van der Waals surface area contributed by atoms with E-state index in [1.807, 2.05) is 0 Å². The number of hydrogen-bond donors (Lipinski definition) is 0. The van der Waals surface area contributed by atoms with Crippen molar-refractivity contribution >= 4 is 15.8 Å². The van der Waals surface area contributed by atoms with Crippen LogP contribution in [0.3, 0.4) is 0 Å². The molecule has 0 aliphatic rings. The summed E-state index contributed by atoms with van der Waals surface area (Å²) in [5, 5.41) is 0. The molecule has 1 aromatic rings. The highest BCUT2D eigenvalue weighted by Crippen LogP contribution is 2.15. The van der Waals surface area contributed by atoms with Crippen molar-refractivity contribution in [3.63, 3.8) is 0 Å². The lowest BCUT2D eigenvalue weighted by atomic mass is 10.2. The van der Waals surface area contributed by atoms with Crippen molar-refractivity contribution in [3.05, 3.63) is 29.8 Å². The second kappa shape index (κ2) is 4.76. The maximum absolute atomic E-state index is 12.0. The smallest absolute Gasteiger partial charge is 0.242 e. The molecule has 0 saturated heterocycles. The molecule has 0 radical (unpaired) electrons. The lowest BCUT2D eigenvalue weighted by Crippen LogP contribution is -2.26. The molecule has 0 amide bonds. The minimum atomic E-state index is -3.46. The first kappa shape index (κ1) is 12.9. The highest BCUT2D eigenvalue weighted by Gasteiger charge is 2.19. The molecule has 0 aromatic heterocycles. The molecule has 16 heavy (non-hydrogen) atoms. The zero-order valence-corrected chi connectivity index (χ0v) is 10.4. The molecule has 0 fully saturated rings. The van der Waals surface area contributed by atoms with Crippen molar-refractivity contribution in [1.82, 2.24) is 4.31 Å². The van der Waals surface area contributed by atoms with E-state index in [1.165, 1.54) is 30.4 Å². The van der Waals surface area contributed by atoms with Crippen LogP contribution in [0.5, 0.6) is 0 Å². The minimum absolute atomic E-state index is 0.142. The van der Waals surface area contributed by atoms with Crippen LogP contribution >= 0.6 is 0 Å². The van der Waals surface area contributed by atoms with Gasteiger partial charge in [-0.15, -0.1) is 0 Å². The first-order valence-electron chi connectivity index (χ1n) is 4.97. The SMILES string of the molecule is CCN(C)S(=O)(=O)c1cccc(C(C)=O)c1. The maximum Gasteiger partial charge on any atom is 0.242 e. The van der Waals surface area contributed by atoms with Gasteiger partial charge in [-0.2, -0.15) is 0 Å². The predicted octanol–water partition coefficient (Wildman–Crippen LogP) is 1.53. The molecule has 5 heteroatoms. The summed E-state index contributed by atoms with van der Waals surface area (Å²) in [6, 6.07) is 6.08. The van der Waals surface area contributed by atoms with Crippen LogP contribution in [-0.2, 0) is 10.0 Å². The average Bonchev–Trinajstić information content (AvgIpc) is 2.28. The van der Waals surface area contributed by atoms with Gasteiger partial charge in [-0.05, 0) is 19.1 Å². The third-order valence-corrected chi connectivity index (χ3v) is 4.32. The number of carbonyl (C=O) groups is 1. The fourth-order valence-corrected chi connectivity index (χ4v) is 2.45. The Bertz CT molecular complexity index is 494. The zero-order valence-electron chi connectivity index (χ0n) is 9.60. The van der Waals surface area contributed by atoms with Crippen molar-refractivity contribution in [2.24, 2.45) is 0 Å². The molecule has 0 saturated carbocycles. The van der Waals surface area contributed by atoms with Gasteiger partial charge < -0.3 is 0 Å². The van der Waals surface area contributed by atoms with Gasteiger partial charge in [-0.25, -0.2) is 12.7 Å². The quantitative estimate of drug-likeness (QED) is 0.751. The van der Waals surface area contributed by atoms with E-state index in [-0.39, 0.29) is 10.7 Å². The van der Waals surface area contributed by atoms with Gasteiger partial charge in [-0.3, -0.25) is 4.79 Å². The number of sulfonamides is 1. The first-order valence-corrected chi connectivity index (χ1v) is 6.41. The van der Waals surface area contributed by atoms with Crippen molar-refractivity contribution < 1.29 is 13.2 Å². The van der Waals surface area contributed by atoms with E-state index in [2.05, 4.69) is 0 Å². The molecular formula is C11H15NO3S. The molecule has 0 aliphatic carbocycles. The maximum atomic E-state index is 12.0. The van der Waals surface area contributed by atoms with Crippen LogP contribution < -0.4 is 0 Å². The van der Waals surface area contributed by atoms with Gasteiger partial charge in [0, 0.05) is 19.2 Å². The van der Waals surface area contributed by atoms with E-state index < -0.39 is 10.0 Å². The van der Waals surface area contributed by atoms with E-state index in [0.717, 1.165) is 0 Å². The van der Waals surface area contributed by atoms with Crippen LogP contribution in [-0.4, -0.2) is 32.1 Å². The number of Topliss-reactive ketones (excluding diaryl/α,β-unsaturated/α-hetero) is 1. The van der Waals surface area contributed by atoms with Gasteiger partial charge in [0.15, 0.2) is 5.78 Å². The Labute approximate surface area is 95.9 Å². The standard InChI is InChI=1S/C11H15NO3S/c1-4-12(3)16(14,15)11-7-5-6-10(8-11)9(2)13/h5-8H,4H2,1-3H3. The number of carbonyl (C=O) groups excluding carboxylic acids is 1. The Morgan fingerprint density at radius 3 is 2.50 bits per heavy atom. The Morgan fingerprint density at radius 1 is 1.38 bits per heavy atom. The van der Waals surface area contributed by atoms with Gasteiger partial charge in [-0.1, -0.05) is 19.1 Å². The normalized spacial score (nSPS) is 11.8. The largest absolute Gasteiger partial charge is 0.295 e. The van der Waals surface area contributed by atoms with Gasteiger partial charge >= 0.3 is 0 Å². The summed E-state index contributed by atoms with van der Waals surface area (Å²) >= 11 is 0. The lowest BCUT2D eigenvalue weighted by Gasteiger charge is -2.14. The summed E-state index contributed by atoms with van der Waals surface area (Å²) in [5.41, 5.74) is 0.408. The van der Waals surface area contributed by atoms with E-state index in [0.29, 0.717) is 12.1 Å². The molecule has 0 N–H and O–H groups in total. The summed E-state index contributed by atoms with van der Waals surface area (Å²) in [6.45, 7) is 3.56. The molecule has 0 heterocycles. The third-order valence-electron chi connectivity index (χ3n) is 2.39. The van der Waals surface area contributed by atoms with Crippen LogP contribution in [0, 0.1) is 0 Å². The molecule has 0 unspecified atom stereocenters. The number of rotatable bonds is 4. The number of ketones is 1. The Hall–Kier alpha value is -1.20. The monoisotopic (exact) mass is 241 g/mol. The van der Waals surface area contributed by atoms with E-state index in [1.54, 1.807) is 19.1 Å². The van der Waals surface area contributed by atoms with Crippen LogP contribution in [0.1, 0.15) is 24.2 Å². The fourth-order valence-electron chi connectivity index (χ4n) is 1.23. The second-order valence-electron chi connectivity index (χ2n) is 3.50. The predicted molar refractivity (Wildman–Crippen MR) is 61.9 cm³/mol. The summed E-state index contributed by atoms with van der Waals surface area (Å²) < 4.78 is 25.1. The van der Waals surface area contributed by atoms with Crippen molar-refractivity contribution in [2.75, 3.05) is 13.6 Å². The van der Waals surface area contributed by atoms with Gasteiger partial charge in [0.2, 0.25) is 10.0 Å². The minimum Gasteiger partial charge on any atom is -0.295 e. The molecule has 0 bridgehead atoms. The van der Waals surface area contributed by atoms with E-state index >= 15 is 0 Å². The van der Waals surface area contributed by atoms with Crippen LogP contribution in [0.2, 0.25) is 0 Å². The average molecular weight is 241 g/mol. The molecule has 0 aliphatic heterocycles. The summed E-state index contributed by atoms with van der Waals surface area (Å²) in [5.74, 6) is -0.142. The van der Waals surface area contributed by atoms with Crippen molar-refractivity contribution in [3.8, 4) is 0 Å². The number of nitrogens with zero attached hydrogens (tertiary/aromatic N) is 1. The second-order valence-corrected chi connectivity index (χ2v) is 5.55. The van der Waals surface area contributed by atoms with Gasteiger partial charge in [0.25, 0.3) is 0 Å². The Kier molecular flexibility index (Phi) is 3.83. The van der Waals surface area contributed by atoms with Crippen LogP contribution in [0.15, 0.2) is 29.2 Å². The fraction of sp³-hybridized carbons (Fsp3) is 0.364. The molecule has 0 spiro atoms. The summed E-state index contributed by atoms with van der Waals surface area (Å²) in [6.07, 6.45) is 0. The van der Waals surface area contributed by atoms with Crippen LogP contribution in [0.4, 0.5) is 0 Å². The third kappa shape index (κ3) is 2.48. The Morgan fingerprint density at radius 2 is 2.00 bits per heavy atom. The molecule has 0 atom stereocenters. The Balaban J connectivity index is 3.24. The molecular weight excluding hydrogens is 226 g/mol. The highest BCUT2D eigenvalue weighted by molar-refractivity contribution is 7.89. The van der Waals surface area contributed by atoms with Gasteiger partial charge in [0.05, 0.1) is 4.90 Å². The highest BCUT2D eigenvalue weighted by atomic mass is 32.2. The summed E-state index contributed by atoms with van der Waals surface area (Å²) in [4.78, 5) is 11.3. The number of hydrogen-bond acceptors (Lipinski definition) is 3. The number of benzene rings is 1. The molecule has 88 valence electrons. The molecule has 4 nitrogen and oxygen atoms in total. The van der Waals surface area contributed by atoms with Crippen molar-refractivity contribution in [1.29, 1.82) is 0 Å². The summed E-state index contributed by atoms with van der Waals surface area (Å²) in [7, 11) is -1.95. The van der Waals surface area contributed by atoms with Gasteiger partial charge in [0.1, 0.15) is 0 Å². The van der Waals surface area contributed by atoms with Crippen LogP contribution in [0.25, 0.3) is 0 Å². The van der Waals surface area contributed by atoms with E-state index in [9.17, 15) is 13.2 Å². The van der Waals surface area contributed by atoms with E-state index in [4.69, 9.17) is 0 Å². The molecule has 1 rings (SSSR count). The molecule has 1 aromatic carbocycles. The first-order chi connectivity index (χ1) is 7.39. The topological polar surface area (TPSA) is 54.5 Å². The van der Waals surface area contributed by atoms with Crippen molar-refractivity contribution in [2.45, 2.75) is 18.7 Å².